The summed E-state index contributed by atoms with van der Waals surface area (Å²) in [4.78, 5) is 0. The smallest absolute Gasteiger partial charge is 0.0789 e. The standard InChI is InChI=1S/C58H37N3/c1-3-15-38(16-4-1)40-19-13-22-44(35-40)59-53-26-11-10-25-47(53)50-36-41(29-33-55(50)59)42-30-34-56-51(37-42)49-32-31-48-46-24-9-12-27-54(46)60(43-20-5-2-6-21-43)57(48)58(49)61(56)52-28-14-18-39-17-7-8-23-45(39)52/h1-37H. The van der Waals surface area contributed by atoms with Crippen molar-refractivity contribution in [1.29, 1.82) is 0 Å². The fourth-order valence-electron chi connectivity index (χ4n) is 10.1. The zero-order valence-corrected chi connectivity index (χ0v) is 33.2. The van der Waals surface area contributed by atoms with Crippen LogP contribution < -0.4 is 0 Å². The number of rotatable bonds is 5. The molecule has 0 bridgehead atoms. The molecule has 13 aromatic rings. The Labute approximate surface area is 352 Å². The lowest BCUT2D eigenvalue weighted by molar-refractivity contribution is 1.16. The molecule has 0 saturated carbocycles. The normalized spacial score (nSPS) is 11.9. The number of hydrogen-bond donors (Lipinski definition) is 0. The van der Waals surface area contributed by atoms with Gasteiger partial charge in [0.1, 0.15) is 0 Å². The average molecular weight is 776 g/mol. The average Bonchev–Trinajstić information content (AvgIpc) is 3.97. The van der Waals surface area contributed by atoms with Crippen LogP contribution in [-0.2, 0) is 0 Å². The molecular weight excluding hydrogens is 739 g/mol. The highest BCUT2D eigenvalue weighted by molar-refractivity contribution is 6.24. The third-order valence-electron chi connectivity index (χ3n) is 12.8. The molecule has 0 spiro atoms. The van der Waals surface area contributed by atoms with E-state index in [-0.39, 0.29) is 0 Å². The molecule has 0 aliphatic carbocycles. The zero-order valence-electron chi connectivity index (χ0n) is 33.2. The van der Waals surface area contributed by atoms with E-state index in [1.54, 1.807) is 0 Å². The van der Waals surface area contributed by atoms with Gasteiger partial charge >= 0.3 is 0 Å². The van der Waals surface area contributed by atoms with Gasteiger partial charge in [-0.2, -0.15) is 0 Å². The lowest BCUT2D eigenvalue weighted by atomic mass is 10.00. The predicted molar refractivity (Wildman–Crippen MR) is 258 cm³/mol. The first-order chi connectivity index (χ1) is 30.3. The Morgan fingerprint density at radius 1 is 0.230 bits per heavy atom. The minimum absolute atomic E-state index is 1.15. The molecule has 13 rings (SSSR count). The van der Waals surface area contributed by atoms with Gasteiger partial charge in [-0.1, -0.05) is 158 Å². The molecule has 0 atom stereocenters. The molecule has 3 aromatic heterocycles. The van der Waals surface area contributed by atoms with E-state index in [1.165, 1.54) is 104 Å². The highest BCUT2D eigenvalue weighted by atomic mass is 15.0. The van der Waals surface area contributed by atoms with Gasteiger partial charge in [0.05, 0.1) is 38.8 Å². The van der Waals surface area contributed by atoms with E-state index in [2.05, 4.69) is 238 Å². The Balaban J connectivity index is 1.07. The van der Waals surface area contributed by atoms with Gasteiger partial charge in [0, 0.05) is 49.1 Å². The van der Waals surface area contributed by atoms with Gasteiger partial charge in [-0.3, -0.25) is 0 Å². The minimum Gasteiger partial charge on any atom is -0.309 e. The number of benzene rings is 10. The minimum atomic E-state index is 1.15. The SMILES string of the molecule is c1ccc(-c2cccc(-n3c4ccccc4c4cc(-c5ccc6c(c5)c5ccc7c8ccccc8n(-c8ccccc8)c7c5n6-c5cccc6ccccc56)ccc43)c2)cc1. The largest absolute Gasteiger partial charge is 0.309 e. The molecule has 0 unspecified atom stereocenters. The van der Waals surface area contributed by atoms with Crippen LogP contribution in [0.25, 0.3) is 116 Å². The van der Waals surface area contributed by atoms with Crippen LogP contribution in [0.15, 0.2) is 224 Å². The zero-order chi connectivity index (χ0) is 40.0. The number of para-hydroxylation sites is 3. The summed E-state index contributed by atoms with van der Waals surface area (Å²) < 4.78 is 7.41. The summed E-state index contributed by atoms with van der Waals surface area (Å²) in [6.07, 6.45) is 0. The summed E-state index contributed by atoms with van der Waals surface area (Å²) in [7, 11) is 0. The highest BCUT2D eigenvalue weighted by Crippen LogP contribution is 2.44. The van der Waals surface area contributed by atoms with Gasteiger partial charge in [-0.15, -0.1) is 0 Å². The first kappa shape index (κ1) is 33.8. The van der Waals surface area contributed by atoms with Crippen LogP contribution in [-0.4, -0.2) is 13.7 Å². The van der Waals surface area contributed by atoms with E-state index in [0.29, 0.717) is 0 Å². The molecule has 284 valence electrons. The number of nitrogens with zero attached hydrogens (tertiary/aromatic N) is 3. The maximum atomic E-state index is 2.53. The summed E-state index contributed by atoms with van der Waals surface area (Å²) in [5.41, 5.74) is 15.5. The van der Waals surface area contributed by atoms with Crippen molar-refractivity contribution in [3.05, 3.63) is 224 Å². The van der Waals surface area contributed by atoms with Crippen molar-refractivity contribution in [2.45, 2.75) is 0 Å². The third-order valence-corrected chi connectivity index (χ3v) is 12.8. The van der Waals surface area contributed by atoms with Crippen molar-refractivity contribution in [2.24, 2.45) is 0 Å². The van der Waals surface area contributed by atoms with Crippen LogP contribution in [0.5, 0.6) is 0 Å². The van der Waals surface area contributed by atoms with Crippen molar-refractivity contribution in [2.75, 3.05) is 0 Å². The second kappa shape index (κ2) is 13.2. The van der Waals surface area contributed by atoms with Gasteiger partial charge in [0.25, 0.3) is 0 Å². The van der Waals surface area contributed by atoms with E-state index in [0.717, 1.165) is 11.4 Å². The van der Waals surface area contributed by atoms with Gasteiger partial charge in [0.2, 0.25) is 0 Å². The van der Waals surface area contributed by atoms with Crippen molar-refractivity contribution >= 4 is 76.2 Å². The second-order valence-corrected chi connectivity index (χ2v) is 16.1. The van der Waals surface area contributed by atoms with Gasteiger partial charge in [0.15, 0.2) is 0 Å². The maximum Gasteiger partial charge on any atom is 0.0789 e. The van der Waals surface area contributed by atoms with Gasteiger partial charge in [-0.25, -0.2) is 0 Å². The highest BCUT2D eigenvalue weighted by Gasteiger charge is 2.23. The van der Waals surface area contributed by atoms with E-state index in [4.69, 9.17) is 0 Å². The fourth-order valence-corrected chi connectivity index (χ4v) is 10.1. The third kappa shape index (κ3) is 5.04. The van der Waals surface area contributed by atoms with Crippen LogP contribution in [0.3, 0.4) is 0 Å². The van der Waals surface area contributed by atoms with Crippen molar-refractivity contribution in [3.63, 3.8) is 0 Å². The van der Waals surface area contributed by atoms with Crippen molar-refractivity contribution < 1.29 is 0 Å². The lowest BCUT2D eigenvalue weighted by Gasteiger charge is -2.14. The Bertz CT molecular complexity index is 3860. The van der Waals surface area contributed by atoms with E-state index < -0.39 is 0 Å². The van der Waals surface area contributed by atoms with Gasteiger partial charge in [-0.05, 0) is 94.4 Å². The van der Waals surface area contributed by atoms with Gasteiger partial charge < -0.3 is 13.7 Å². The monoisotopic (exact) mass is 775 g/mol. The Morgan fingerprint density at radius 2 is 0.705 bits per heavy atom. The second-order valence-electron chi connectivity index (χ2n) is 16.1. The van der Waals surface area contributed by atoms with Crippen LogP contribution in [0.4, 0.5) is 0 Å². The van der Waals surface area contributed by atoms with E-state index in [1.807, 2.05) is 0 Å². The molecule has 0 N–H and O–H groups in total. The van der Waals surface area contributed by atoms with Crippen LogP contribution >= 0.6 is 0 Å². The molecule has 61 heavy (non-hydrogen) atoms. The quantitative estimate of drug-likeness (QED) is 0.165. The van der Waals surface area contributed by atoms with Crippen molar-refractivity contribution in [1.82, 2.24) is 13.7 Å². The fraction of sp³-hybridized carbons (Fsp3) is 0. The van der Waals surface area contributed by atoms with Crippen molar-refractivity contribution in [3.8, 4) is 39.3 Å². The molecule has 3 heterocycles. The molecule has 10 aromatic carbocycles. The predicted octanol–water partition coefficient (Wildman–Crippen LogP) is 15.5. The first-order valence-corrected chi connectivity index (χ1v) is 21.0. The summed E-state index contributed by atoms with van der Waals surface area (Å²) in [6.45, 7) is 0. The van der Waals surface area contributed by atoms with Crippen LogP contribution in [0.2, 0.25) is 0 Å². The van der Waals surface area contributed by atoms with E-state index in [9.17, 15) is 0 Å². The summed E-state index contributed by atoms with van der Waals surface area (Å²) in [6, 6.07) is 82.2. The number of hydrogen-bond acceptors (Lipinski definition) is 0. The molecule has 0 amide bonds. The van der Waals surface area contributed by atoms with Crippen LogP contribution in [0.1, 0.15) is 0 Å². The van der Waals surface area contributed by atoms with E-state index >= 15 is 0 Å². The Hall–Kier alpha value is -8.14. The number of fused-ring (bicyclic) bond motifs is 11. The summed E-state index contributed by atoms with van der Waals surface area (Å²) >= 11 is 0. The molecular formula is C58H37N3. The maximum absolute atomic E-state index is 2.53. The topological polar surface area (TPSA) is 14.8 Å². The molecule has 0 radical (unpaired) electrons. The molecule has 0 fully saturated rings. The number of aromatic nitrogens is 3. The lowest BCUT2D eigenvalue weighted by Crippen LogP contribution is -1.99. The first-order valence-electron chi connectivity index (χ1n) is 21.0. The molecule has 3 nitrogen and oxygen atoms in total. The summed E-state index contributed by atoms with van der Waals surface area (Å²) in [5, 5.41) is 9.89. The Morgan fingerprint density at radius 3 is 1.46 bits per heavy atom. The molecule has 3 heteroatoms. The molecule has 0 saturated heterocycles. The molecule has 0 aliphatic heterocycles. The summed E-state index contributed by atoms with van der Waals surface area (Å²) in [5.74, 6) is 0. The molecule has 0 aliphatic rings. The van der Waals surface area contributed by atoms with Crippen LogP contribution in [0, 0.1) is 0 Å². The Kier molecular flexibility index (Phi) is 7.31.